The quantitative estimate of drug-likeness (QED) is 0.797. The van der Waals surface area contributed by atoms with Crippen LogP contribution in [-0.4, -0.2) is 25.6 Å². The SMILES string of the molecule is CC(C)CCOc1cccc(NC(=O)CN2CCCc3ccccc32)c1. The molecule has 0 aliphatic carbocycles. The van der Waals surface area contributed by atoms with Crippen LogP contribution in [0.1, 0.15) is 32.3 Å². The Labute approximate surface area is 156 Å². The molecule has 1 amide bonds. The molecule has 0 saturated carbocycles. The van der Waals surface area contributed by atoms with E-state index in [4.69, 9.17) is 4.74 Å². The van der Waals surface area contributed by atoms with Crippen molar-refractivity contribution in [3.8, 4) is 5.75 Å². The van der Waals surface area contributed by atoms with Crippen LogP contribution >= 0.6 is 0 Å². The van der Waals surface area contributed by atoms with Crippen molar-refractivity contribution in [1.29, 1.82) is 0 Å². The van der Waals surface area contributed by atoms with Crippen LogP contribution in [0.3, 0.4) is 0 Å². The van der Waals surface area contributed by atoms with E-state index in [1.165, 1.54) is 11.3 Å². The maximum atomic E-state index is 12.5. The molecule has 4 heteroatoms. The molecule has 1 heterocycles. The van der Waals surface area contributed by atoms with Gasteiger partial charge in [-0.1, -0.05) is 38.1 Å². The first-order chi connectivity index (χ1) is 12.6. The number of hydrogen-bond acceptors (Lipinski definition) is 3. The van der Waals surface area contributed by atoms with Gasteiger partial charge in [-0.3, -0.25) is 4.79 Å². The van der Waals surface area contributed by atoms with Crippen LogP contribution in [0.5, 0.6) is 5.75 Å². The molecule has 26 heavy (non-hydrogen) atoms. The van der Waals surface area contributed by atoms with Gasteiger partial charge in [-0.2, -0.15) is 0 Å². The second-order valence-electron chi connectivity index (χ2n) is 7.26. The second kappa shape index (κ2) is 8.75. The van der Waals surface area contributed by atoms with E-state index in [1.54, 1.807) is 0 Å². The number of carbonyl (C=O) groups excluding carboxylic acids is 1. The average Bonchev–Trinajstić information content (AvgIpc) is 2.62. The number of para-hydroxylation sites is 1. The Morgan fingerprint density at radius 2 is 2.04 bits per heavy atom. The Kier molecular flexibility index (Phi) is 6.16. The van der Waals surface area contributed by atoms with Crippen molar-refractivity contribution in [2.24, 2.45) is 5.92 Å². The molecule has 4 nitrogen and oxygen atoms in total. The van der Waals surface area contributed by atoms with Crippen LogP contribution < -0.4 is 15.0 Å². The van der Waals surface area contributed by atoms with Crippen LogP contribution in [0.2, 0.25) is 0 Å². The zero-order valence-electron chi connectivity index (χ0n) is 15.7. The van der Waals surface area contributed by atoms with Crippen molar-refractivity contribution in [2.45, 2.75) is 33.1 Å². The third kappa shape index (κ3) is 5.01. The van der Waals surface area contributed by atoms with Crippen molar-refractivity contribution in [3.63, 3.8) is 0 Å². The van der Waals surface area contributed by atoms with Gasteiger partial charge in [0.05, 0.1) is 13.2 Å². The van der Waals surface area contributed by atoms with Crippen molar-refractivity contribution < 1.29 is 9.53 Å². The van der Waals surface area contributed by atoms with E-state index in [2.05, 4.69) is 42.3 Å². The Bertz CT molecular complexity index is 742. The number of rotatable bonds is 7. The maximum Gasteiger partial charge on any atom is 0.243 e. The lowest BCUT2D eigenvalue weighted by atomic mass is 10.0. The highest BCUT2D eigenvalue weighted by molar-refractivity contribution is 5.94. The molecule has 2 aromatic rings. The van der Waals surface area contributed by atoms with E-state index in [0.717, 1.165) is 37.2 Å². The number of aryl methyl sites for hydroxylation is 1. The van der Waals surface area contributed by atoms with Gasteiger partial charge in [0.2, 0.25) is 5.91 Å². The Hall–Kier alpha value is -2.49. The number of benzene rings is 2. The summed E-state index contributed by atoms with van der Waals surface area (Å²) in [7, 11) is 0. The Balaban J connectivity index is 1.57. The number of amides is 1. The predicted molar refractivity (Wildman–Crippen MR) is 107 cm³/mol. The monoisotopic (exact) mass is 352 g/mol. The van der Waals surface area contributed by atoms with E-state index in [0.29, 0.717) is 19.1 Å². The van der Waals surface area contributed by atoms with Gasteiger partial charge in [0, 0.05) is 24.0 Å². The summed E-state index contributed by atoms with van der Waals surface area (Å²) in [6, 6.07) is 16.0. The minimum Gasteiger partial charge on any atom is -0.494 e. The molecule has 0 saturated heterocycles. The largest absolute Gasteiger partial charge is 0.494 e. The van der Waals surface area contributed by atoms with E-state index in [1.807, 2.05) is 30.3 Å². The molecule has 1 aliphatic heterocycles. The number of nitrogens with one attached hydrogen (secondary N) is 1. The second-order valence-corrected chi connectivity index (χ2v) is 7.26. The number of nitrogens with zero attached hydrogens (tertiary/aromatic N) is 1. The Morgan fingerprint density at radius 3 is 2.88 bits per heavy atom. The van der Waals surface area contributed by atoms with E-state index >= 15 is 0 Å². The summed E-state index contributed by atoms with van der Waals surface area (Å²) in [4.78, 5) is 14.7. The topological polar surface area (TPSA) is 41.6 Å². The lowest BCUT2D eigenvalue weighted by Crippen LogP contribution is -2.36. The summed E-state index contributed by atoms with van der Waals surface area (Å²) in [5.74, 6) is 1.41. The maximum absolute atomic E-state index is 12.5. The molecule has 2 aromatic carbocycles. The summed E-state index contributed by atoms with van der Waals surface area (Å²) in [5.41, 5.74) is 3.29. The summed E-state index contributed by atoms with van der Waals surface area (Å²) >= 11 is 0. The molecule has 3 rings (SSSR count). The molecule has 0 bridgehead atoms. The minimum absolute atomic E-state index is 0.000957. The Morgan fingerprint density at radius 1 is 1.19 bits per heavy atom. The van der Waals surface area contributed by atoms with Crippen molar-refractivity contribution in [1.82, 2.24) is 0 Å². The standard InChI is InChI=1S/C22H28N2O2/c1-17(2)12-14-26-20-10-5-9-19(15-20)23-22(25)16-24-13-6-8-18-7-3-4-11-21(18)24/h3-5,7,9-11,15,17H,6,8,12-14,16H2,1-2H3,(H,23,25). The molecule has 0 fully saturated rings. The highest BCUT2D eigenvalue weighted by Crippen LogP contribution is 2.26. The first kappa shape index (κ1) is 18.3. The van der Waals surface area contributed by atoms with Crippen molar-refractivity contribution in [3.05, 3.63) is 54.1 Å². The van der Waals surface area contributed by atoms with Crippen LogP contribution in [0.25, 0.3) is 0 Å². The third-order valence-corrected chi connectivity index (χ3v) is 4.62. The first-order valence-electron chi connectivity index (χ1n) is 9.47. The molecule has 0 aromatic heterocycles. The number of anilines is 2. The van der Waals surface area contributed by atoms with Crippen molar-refractivity contribution in [2.75, 3.05) is 29.9 Å². The van der Waals surface area contributed by atoms with Gasteiger partial charge in [0.1, 0.15) is 5.75 Å². The van der Waals surface area contributed by atoms with E-state index in [-0.39, 0.29) is 5.91 Å². The van der Waals surface area contributed by atoms with E-state index < -0.39 is 0 Å². The van der Waals surface area contributed by atoms with Gasteiger partial charge in [-0.25, -0.2) is 0 Å². The van der Waals surface area contributed by atoms with Crippen LogP contribution in [0, 0.1) is 5.92 Å². The summed E-state index contributed by atoms with van der Waals surface area (Å²) < 4.78 is 5.77. The molecule has 1 aliphatic rings. The third-order valence-electron chi connectivity index (χ3n) is 4.62. The van der Waals surface area contributed by atoms with E-state index in [9.17, 15) is 4.79 Å². The lowest BCUT2D eigenvalue weighted by molar-refractivity contribution is -0.115. The lowest BCUT2D eigenvalue weighted by Gasteiger charge is -2.30. The molecule has 1 N–H and O–H groups in total. The van der Waals surface area contributed by atoms with Gasteiger partial charge in [-0.15, -0.1) is 0 Å². The number of ether oxygens (including phenoxy) is 1. The highest BCUT2D eigenvalue weighted by Gasteiger charge is 2.18. The fourth-order valence-electron chi connectivity index (χ4n) is 3.23. The molecule has 138 valence electrons. The molecule has 0 radical (unpaired) electrons. The number of carbonyl (C=O) groups is 1. The highest BCUT2D eigenvalue weighted by atomic mass is 16.5. The fraction of sp³-hybridized carbons (Fsp3) is 0.409. The van der Waals surface area contributed by atoms with Gasteiger partial charge in [0.25, 0.3) is 0 Å². The molecule has 0 atom stereocenters. The van der Waals surface area contributed by atoms with Crippen LogP contribution in [0.4, 0.5) is 11.4 Å². The average molecular weight is 352 g/mol. The fourth-order valence-corrected chi connectivity index (χ4v) is 3.23. The molecular weight excluding hydrogens is 324 g/mol. The number of fused-ring (bicyclic) bond motifs is 1. The zero-order valence-corrected chi connectivity index (χ0v) is 15.7. The van der Waals surface area contributed by atoms with Gasteiger partial charge in [-0.05, 0) is 48.9 Å². The normalized spacial score (nSPS) is 13.4. The van der Waals surface area contributed by atoms with Crippen molar-refractivity contribution >= 4 is 17.3 Å². The molecule has 0 unspecified atom stereocenters. The zero-order chi connectivity index (χ0) is 18.4. The van der Waals surface area contributed by atoms with Gasteiger partial charge in [0.15, 0.2) is 0 Å². The summed E-state index contributed by atoms with van der Waals surface area (Å²) in [5, 5.41) is 3.00. The predicted octanol–water partition coefficient (Wildman–Crippen LogP) is 4.50. The molecular formula is C22H28N2O2. The number of hydrogen-bond donors (Lipinski definition) is 1. The van der Waals surface area contributed by atoms with Crippen LogP contribution in [-0.2, 0) is 11.2 Å². The van der Waals surface area contributed by atoms with Gasteiger partial charge < -0.3 is 15.0 Å². The summed E-state index contributed by atoms with van der Waals surface area (Å²) in [6.07, 6.45) is 3.19. The van der Waals surface area contributed by atoms with Gasteiger partial charge >= 0.3 is 0 Å². The minimum atomic E-state index is 0.000957. The smallest absolute Gasteiger partial charge is 0.243 e. The first-order valence-corrected chi connectivity index (χ1v) is 9.47. The van der Waals surface area contributed by atoms with Crippen LogP contribution in [0.15, 0.2) is 48.5 Å². The molecule has 0 spiro atoms. The summed E-state index contributed by atoms with van der Waals surface area (Å²) in [6.45, 7) is 6.34.